The Morgan fingerprint density at radius 1 is 1.10 bits per heavy atom. The predicted octanol–water partition coefficient (Wildman–Crippen LogP) is 4.00. The Morgan fingerprint density at radius 2 is 1.69 bits per heavy atom. The molecule has 29 heavy (non-hydrogen) atoms. The molecule has 0 spiro atoms. The molecule has 1 amide bonds. The number of aliphatic hydroxyl groups is 3. The van der Waals surface area contributed by atoms with Gasteiger partial charge in [0.2, 0.25) is 5.91 Å². The van der Waals surface area contributed by atoms with Gasteiger partial charge in [0.15, 0.2) is 0 Å². The Bertz CT molecular complexity index is 513. The van der Waals surface area contributed by atoms with E-state index in [0.717, 1.165) is 57.2 Å². The Morgan fingerprint density at radius 3 is 2.14 bits per heavy atom. The van der Waals surface area contributed by atoms with Gasteiger partial charge in [0, 0.05) is 20.1 Å². The Hall–Kier alpha value is -1.96. The monoisotopic (exact) mass is 428 g/mol. The molecule has 0 aromatic rings. The third-order valence-corrected chi connectivity index (χ3v) is 3.76. The van der Waals surface area contributed by atoms with Crippen molar-refractivity contribution in [2.45, 2.75) is 45.6 Å². The molecule has 0 fully saturated rings. The predicted molar refractivity (Wildman–Crippen MR) is 128 cm³/mol. The zero-order valence-electron chi connectivity index (χ0n) is 18.2. The standard InChI is InChI=1S/C13H26N2OS.C8H10O2.CH4O/c1-11(2)13(15-12(3)16)7-4-5-8-14-9-6-10-17;1-3-7(2)4-5-8(10)6-9;1-2/h13-14,17H,1,4-10H2,2-3H3,(H,15,16);3-6,9-10H,1-2H2;2H,1H3/b;5-4-,8-6-;. The van der Waals surface area contributed by atoms with Crippen molar-refractivity contribution >= 4 is 18.5 Å². The number of aliphatic hydroxyl groups excluding tert-OH is 3. The number of unbranched alkanes of at least 4 members (excludes halogenated alkanes) is 1. The number of rotatable bonds is 13. The van der Waals surface area contributed by atoms with E-state index in [0.29, 0.717) is 11.8 Å². The van der Waals surface area contributed by atoms with Gasteiger partial charge in [0.05, 0.1) is 0 Å². The molecule has 1 unspecified atom stereocenters. The minimum Gasteiger partial charge on any atom is -0.512 e. The number of carbonyl (C=O) groups excluding carboxylic acids is 1. The van der Waals surface area contributed by atoms with Crippen LogP contribution in [0.25, 0.3) is 0 Å². The van der Waals surface area contributed by atoms with Crippen LogP contribution in [0.15, 0.2) is 61.1 Å². The van der Waals surface area contributed by atoms with Gasteiger partial charge >= 0.3 is 0 Å². The first-order valence-electron chi connectivity index (χ1n) is 9.50. The molecule has 168 valence electrons. The fourth-order valence-corrected chi connectivity index (χ4v) is 2.08. The van der Waals surface area contributed by atoms with E-state index in [1.807, 2.05) is 6.92 Å². The van der Waals surface area contributed by atoms with Crippen molar-refractivity contribution in [2.24, 2.45) is 0 Å². The van der Waals surface area contributed by atoms with Gasteiger partial charge in [-0.15, -0.1) is 0 Å². The number of nitrogens with one attached hydrogen (secondary N) is 2. The van der Waals surface area contributed by atoms with E-state index in [9.17, 15) is 4.79 Å². The largest absolute Gasteiger partial charge is 0.512 e. The van der Waals surface area contributed by atoms with E-state index in [-0.39, 0.29) is 17.7 Å². The van der Waals surface area contributed by atoms with E-state index < -0.39 is 0 Å². The Balaban J connectivity index is -0.000000479. The average Bonchev–Trinajstić information content (AvgIpc) is 2.71. The minimum absolute atomic E-state index is 0.0184. The smallest absolute Gasteiger partial charge is 0.217 e. The van der Waals surface area contributed by atoms with Gasteiger partial charge in [0.25, 0.3) is 0 Å². The highest BCUT2D eigenvalue weighted by Gasteiger charge is 2.09. The van der Waals surface area contributed by atoms with Crippen LogP contribution in [0.2, 0.25) is 0 Å². The van der Waals surface area contributed by atoms with Crippen LogP contribution in [0.4, 0.5) is 0 Å². The molecule has 0 bridgehead atoms. The van der Waals surface area contributed by atoms with Crippen LogP contribution in [0.5, 0.6) is 0 Å². The van der Waals surface area contributed by atoms with Crippen molar-refractivity contribution in [3.63, 3.8) is 0 Å². The SMILES string of the molecule is C=C(C)C(CCCCNCCCS)NC(C)=O.C=CC(=C)/C=C\C(O)=C\O.CO. The quantitative estimate of drug-likeness (QED) is 0.0875. The molecule has 0 heterocycles. The van der Waals surface area contributed by atoms with E-state index in [2.05, 4.69) is 43.0 Å². The van der Waals surface area contributed by atoms with E-state index >= 15 is 0 Å². The fourth-order valence-electron chi connectivity index (χ4n) is 1.92. The minimum atomic E-state index is -0.206. The number of hydrogen-bond acceptors (Lipinski definition) is 6. The molecule has 7 heteroatoms. The lowest BCUT2D eigenvalue weighted by Gasteiger charge is -2.17. The first-order valence-corrected chi connectivity index (χ1v) is 10.1. The Labute approximate surface area is 182 Å². The summed E-state index contributed by atoms with van der Waals surface area (Å²) in [4.78, 5) is 11.0. The van der Waals surface area contributed by atoms with Crippen molar-refractivity contribution in [1.82, 2.24) is 10.6 Å². The van der Waals surface area contributed by atoms with Crippen molar-refractivity contribution in [1.29, 1.82) is 0 Å². The molecule has 1 atom stereocenters. The molecule has 0 saturated carbocycles. The number of carbonyl (C=O) groups is 1. The molecule has 0 aliphatic heterocycles. The van der Waals surface area contributed by atoms with Gasteiger partial charge in [-0.1, -0.05) is 37.5 Å². The molecule has 0 radical (unpaired) electrons. The first kappa shape index (κ1) is 31.7. The lowest BCUT2D eigenvalue weighted by molar-refractivity contribution is -0.119. The molecule has 0 aromatic heterocycles. The summed E-state index contributed by atoms with van der Waals surface area (Å²) in [5, 5.41) is 30.1. The van der Waals surface area contributed by atoms with Crippen LogP contribution < -0.4 is 10.6 Å². The summed E-state index contributed by atoms with van der Waals surface area (Å²) < 4.78 is 0. The maximum absolute atomic E-state index is 11.0. The van der Waals surface area contributed by atoms with Gasteiger partial charge in [-0.25, -0.2) is 0 Å². The second kappa shape index (κ2) is 24.1. The molecule has 0 aliphatic carbocycles. The first-order chi connectivity index (χ1) is 13.8. The maximum Gasteiger partial charge on any atom is 0.217 e. The summed E-state index contributed by atoms with van der Waals surface area (Å²) in [5.74, 6) is 0.751. The molecular formula is C22H40N2O4S. The fraction of sp³-hybridized carbons (Fsp3) is 0.500. The summed E-state index contributed by atoms with van der Waals surface area (Å²) in [5.41, 5.74) is 1.71. The van der Waals surface area contributed by atoms with Crippen LogP contribution in [-0.4, -0.2) is 53.2 Å². The number of thiol groups is 1. The highest BCUT2D eigenvalue weighted by Crippen LogP contribution is 2.08. The van der Waals surface area contributed by atoms with Crippen molar-refractivity contribution in [3.05, 3.63) is 61.1 Å². The van der Waals surface area contributed by atoms with Crippen LogP contribution in [0.3, 0.4) is 0 Å². The van der Waals surface area contributed by atoms with Crippen molar-refractivity contribution in [3.8, 4) is 0 Å². The summed E-state index contributed by atoms with van der Waals surface area (Å²) in [7, 11) is 1.00. The van der Waals surface area contributed by atoms with Crippen LogP contribution in [-0.2, 0) is 4.79 Å². The number of hydrogen-bond donors (Lipinski definition) is 6. The molecular weight excluding hydrogens is 388 g/mol. The summed E-state index contributed by atoms with van der Waals surface area (Å²) in [6.45, 7) is 16.5. The molecule has 0 aromatic carbocycles. The van der Waals surface area contributed by atoms with Gasteiger partial charge < -0.3 is 26.0 Å². The second-order valence-electron chi connectivity index (χ2n) is 6.09. The van der Waals surface area contributed by atoms with Gasteiger partial charge in [0.1, 0.15) is 12.0 Å². The molecule has 0 aliphatic rings. The van der Waals surface area contributed by atoms with Crippen molar-refractivity contribution in [2.75, 3.05) is 26.0 Å². The molecule has 0 saturated heterocycles. The highest BCUT2D eigenvalue weighted by molar-refractivity contribution is 7.80. The van der Waals surface area contributed by atoms with Crippen molar-refractivity contribution < 1.29 is 20.1 Å². The lowest BCUT2D eigenvalue weighted by Crippen LogP contribution is -2.33. The topological polar surface area (TPSA) is 102 Å². The third kappa shape index (κ3) is 26.0. The lowest BCUT2D eigenvalue weighted by atomic mass is 10.0. The summed E-state index contributed by atoms with van der Waals surface area (Å²) >= 11 is 4.16. The number of amides is 1. The summed E-state index contributed by atoms with van der Waals surface area (Å²) in [6.07, 6.45) is 9.33. The second-order valence-corrected chi connectivity index (χ2v) is 6.54. The Kier molecular flexibility index (Phi) is 26.3. The van der Waals surface area contributed by atoms with E-state index in [4.69, 9.17) is 15.3 Å². The number of allylic oxidation sites excluding steroid dienone is 4. The van der Waals surface area contributed by atoms with Crippen LogP contribution >= 0.6 is 12.6 Å². The van der Waals surface area contributed by atoms with E-state index in [1.165, 1.54) is 12.2 Å². The maximum atomic E-state index is 11.0. The zero-order chi connectivity index (χ0) is 23.1. The molecule has 6 nitrogen and oxygen atoms in total. The zero-order valence-corrected chi connectivity index (χ0v) is 19.0. The third-order valence-electron chi connectivity index (χ3n) is 3.44. The van der Waals surface area contributed by atoms with Gasteiger partial charge in [-0.05, 0) is 63.1 Å². The summed E-state index contributed by atoms with van der Waals surface area (Å²) in [6, 6.07) is 0.130. The molecule has 0 rings (SSSR count). The van der Waals surface area contributed by atoms with Crippen LogP contribution in [0, 0.1) is 0 Å². The van der Waals surface area contributed by atoms with Gasteiger partial charge in [-0.2, -0.15) is 12.6 Å². The van der Waals surface area contributed by atoms with Crippen LogP contribution in [0.1, 0.15) is 39.5 Å². The highest BCUT2D eigenvalue weighted by atomic mass is 32.1. The van der Waals surface area contributed by atoms with E-state index in [1.54, 1.807) is 13.0 Å². The normalized spacial score (nSPS) is 11.4. The average molecular weight is 429 g/mol. The molecule has 5 N–H and O–H groups in total. The van der Waals surface area contributed by atoms with Gasteiger partial charge in [-0.3, -0.25) is 4.79 Å².